The first-order chi connectivity index (χ1) is 15.9. The first-order valence-electron chi connectivity index (χ1n) is 11.3. The van der Waals surface area contributed by atoms with E-state index in [1.807, 2.05) is 26.1 Å². The number of anilines is 1. The van der Waals surface area contributed by atoms with E-state index in [1.54, 1.807) is 0 Å². The van der Waals surface area contributed by atoms with Crippen LogP contribution in [0.15, 0.2) is 53.5 Å². The molecule has 0 amide bonds. The van der Waals surface area contributed by atoms with E-state index in [-0.39, 0.29) is 18.2 Å². The highest BCUT2D eigenvalue weighted by molar-refractivity contribution is 9.10. The molecule has 4 heterocycles. The zero-order valence-corrected chi connectivity index (χ0v) is 20.2. The molecule has 3 aromatic heterocycles. The van der Waals surface area contributed by atoms with Crippen LogP contribution < -0.4 is 5.73 Å². The van der Waals surface area contributed by atoms with Crippen LogP contribution in [0.1, 0.15) is 38.3 Å². The van der Waals surface area contributed by atoms with Crippen LogP contribution in [-0.2, 0) is 15.9 Å². The Balaban J connectivity index is 1.27. The van der Waals surface area contributed by atoms with Crippen molar-refractivity contribution < 1.29 is 9.47 Å². The van der Waals surface area contributed by atoms with Crippen molar-refractivity contribution in [1.29, 1.82) is 0 Å². The Morgan fingerprint density at radius 1 is 1.12 bits per heavy atom. The quantitative estimate of drug-likeness (QED) is 0.416. The summed E-state index contributed by atoms with van der Waals surface area (Å²) in [6.45, 7) is 4.00. The SMILES string of the molecule is CC1(C)O[C@@H]2[C@@H](CCc3ccc4cc(Br)cnc4c3)C[C@@H](n3ccc4c(N)ncnc43)[C@@H]2O1. The zero-order valence-electron chi connectivity index (χ0n) is 18.6. The topological polar surface area (TPSA) is 88.1 Å². The molecule has 7 nitrogen and oxygen atoms in total. The number of pyridine rings is 1. The maximum Gasteiger partial charge on any atom is 0.163 e. The van der Waals surface area contributed by atoms with Gasteiger partial charge in [-0.3, -0.25) is 4.98 Å². The smallest absolute Gasteiger partial charge is 0.163 e. The lowest BCUT2D eigenvalue weighted by Crippen LogP contribution is -2.27. The zero-order chi connectivity index (χ0) is 22.7. The Morgan fingerprint density at radius 3 is 2.85 bits per heavy atom. The second-order valence-electron chi connectivity index (χ2n) is 9.57. The highest BCUT2D eigenvalue weighted by Crippen LogP contribution is 2.49. The lowest BCUT2D eigenvalue weighted by molar-refractivity contribution is -0.160. The molecule has 4 atom stereocenters. The van der Waals surface area contributed by atoms with E-state index < -0.39 is 5.79 Å². The van der Waals surface area contributed by atoms with Gasteiger partial charge in [0.15, 0.2) is 5.79 Å². The standard InChI is InChI=1S/C25H26BrN5O2/c1-25(2)32-21-16(6-4-14-3-5-15-10-17(26)12-28-19(15)9-14)11-20(22(21)33-25)31-8-7-18-23(27)29-13-30-24(18)31/h3,5,7-10,12-13,16,20-22H,4,6,11H2,1-2H3,(H2,27,29,30)/t16-,20+,21+,22-/m0/s1. The molecule has 1 aliphatic heterocycles. The third-order valence-corrected chi connectivity index (χ3v) is 7.40. The molecule has 2 aliphatic rings. The highest BCUT2D eigenvalue weighted by atomic mass is 79.9. The van der Waals surface area contributed by atoms with E-state index in [2.05, 4.69) is 65.9 Å². The maximum absolute atomic E-state index is 6.41. The molecule has 170 valence electrons. The summed E-state index contributed by atoms with van der Waals surface area (Å²) in [4.78, 5) is 13.2. The first kappa shape index (κ1) is 21.0. The second kappa shape index (κ2) is 7.75. The number of halogens is 1. The molecule has 0 radical (unpaired) electrons. The molecule has 6 rings (SSSR count). The van der Waals surface area contributed by atoms with Crippen molar-refractivity contribution in [2.75, 3.05) is 5.73 Å². The van der Waals surface area contributed by atoms with Crippen molar-refractivity contribution >= 4 is 43.7 Å². The van der Waals surface area contributed by atoms with Crippen molar-refractivity contribution in [2.24, 2.45) is 5.92 Å². The molecule has 8 heteroatoms. The van der Waals surface area contributed by atoms with E-state index in [4.69, 9.17) is 15.2 Å². The van der Waals surface area contributed by atoms with Gasteiger partial charge in [0.2, 0.25) is 0 Å². The van der Waals surface area contributed by atoms with Gasteiger partial charge in [0.25, 0.3) is 0 Å². The number of nitrogens with two attached hydrogens (primary N) is 1. The Hall–Kier alpha value is -2.55. The lowest BCUT2D eigenvalue weighted by atomic mass is 9.95. The Morgan fingerprint density at radius 2 is 1.97 bits per heavy atom. The normalized spacial score (nSPS) is 26.3. The summed E-state index contributed by atoms with van der Waals surface area (Å²) in [5, 5.41) is 2.02. The number of nitrogen functional groups attached to an aromatic ring is 1. The van der Waals surface area contributed by atoms with E-state index in [0.29, 0.717) is 11.7 Å². The van der Waals surface area contributed by atoms with Crippen molar-refractivity contribution in [2.45, 2.75) is 57.1 Å². The van der Waals surface area contributed by atoms with Crippen LogP contribution in [0.2, 0.25) is 0 Å². The third kappa shape index (κ3) is 3.70. The summed E-state index contributed by atoms with van der Waals surface area (Å²) in [5.74, 6) is 0.293. The van der Waals surface area contributed by atoms with Crippen molar-refractivity contribution in [3.63, 3.8) is 0 Å². The maximum atomic E-state index is 6.41. The summed E-state index contributed by atoms with van der Waals surface area (Å²) < 4.78 is 16.0. The minimum atomic E-state index is -0.594. The predicted molar refractivity (Wildman–Crippen MR) is 131 cm³/mol. The number of fused-ring (bicyclic) bond motifs is 3. The molecule has 1 aliphatic carbocycles. The number of aryl methyl sites for hydroxylation is 1. The van der Waals surface area contributed by atoms with Crippen molar-refractivity contribution in [3.8, 4) is 0 Å². The van der Waals surface area contributed by atoms with Crippen LogP contribution in [0.25, 0.3) is 21.9 Å². The number of aromatic nitrogens is 4. The number of hydrogen-bond donors (Lipinski definition) is 1. The van der Waals surface area contributed by atoms with Gasteiger partial charge in [-0.25, -0.2) is 9.97 Å². The van der Waals surface area contributed by atoms with Gasteiger partial charge in [-0.05, 0) is 78.7 Å². The van der Waals surface area contributed by atoms with Crippen LogP contribution in [0.5, 0.6) is 0 Å². The largest absolute Gasteiger partial charge is 0.383 e. The molecule has 1 saturated carbocycles. The average molecular weight is 508 g/mol. The van der Waals surface area contributed by atoms with Gasteiger partial charge in [0.1, 0.15) is 23.9 Å². The third-order valence-electron chi connectivity index (χ3n) is 6.97. The molecular weight excluding hydrogens is 482 g/mol. The Bertz CT molecular complexity index is 1350. The summed E-state index contributed by atoms with van der Waals surface area (Å²) >= 11 is 3.50. The molecule has 0 unspecified atom stereocenters. The Labute approximate surface area is 200 Å². The summed E-state index contributed by atoms with van der Waals surface area (Å²) in [5.41, 5.74) is 9.25. The van der Waals surface area contributed by atoms with Crippen LogP contribution >= 0.6 is 15.9 Å². The number of rotatable bonds is 4. The van der Waals surface area contributed by atoms with Gasteiger partial charge in [-0.15, -0.1) is 0 Å². The van der Waals surface area contributed by atoms with Crippen LogP contribution in [0.4, 0.5) is 5.82 Å². The first-order valence-corrected chi connectivity index (χ1v) is 12.1. The van der Waals surface area contributed by atoms with Crippen LogP contribution in [-0.4, -0.2) is 37.5 Å². The van der Waals surface area contributed by atoms with Gasteiger partial charge in [0, 0.05) is 22.3 Å². The lowest BCUT2D eigenvalue weighted by Gasteiger charge is -2.24. The van der Waals surface area contributed by atoms with Crippen LogP contribution in [0, 0.1) is 5.92 Å². The van der Waals surface area contributed by atoms with E-state index in [1.165, 1.54) is 11.9 Å². The fraction of sp³-hybridized carbons (Fsp3) is 0.400. The van der Waals surface area contributed by atoms with Gasteiger partial charge in [-0.2, -0.15) is 0 Å². The number of hydrogen-bond acceptors (Lipinski definition) is 6. The molecule has 0 spiro atoms. The molecule has 1 aromatic carbocycles. The molecule has 4 aromatic rings. The molecular formula is C25H26BrN5O2. The monoisotopic (exact) mass is 507 g/mol. The van der Waals surface area contributed by atoms with E-state index >= 15 is 0 Å². The molecule has 1 saturated heterocycles. The van der Waals surface area contributed by atoms with Gasteiger partial charge in [0.05, 0.1) is 23.0 Å². The molecule has 0 bridgehead atoms. The van der Waals surface area contributed by atoms with Gasteiger partial charge < -0.3 is 19.8 Å². The number of nitrogens with zero attached hydrogens (tertiary/aromatic N) is 4. The number of ether oxygens (including phenoxy) is 2. The predicted octanol–water partition coefficient (Wildman–Crippen LogP) is 5.04. The summed E-state index contributed by atoms with van der Waals surface area (Å²) in [7, 11) is 0. The van der Waals surface area contributed by atoms with Crippen LogP contribution in [0.3, 0.4) is 0 Å². The highest BCUT2D eigenvalue weighted by Gasteiger charge is 2.54. The minimum Gasteiger partial charge on any atom is -0.383 e. The van der Waals surface area contributed by atoms with E-state index in [9.17, 15) is 0 Å². The number of benzene rings is 1. The summed E-state index contributed by atoms with van der Waals surface area (Å²) in [6, 6.07) is 10.8. The summed E-state index contributed by atoms with van der Waals surface area (Å²) in [6.07, 6.45) is 8.43. The Kier molecular flexibility index (Phi) is 4.94. The van der Waals surface area contributed by atoms with Gasteiger partial charge in [-0.1, -0.05) is 12.1 Å². The minimum absolute atomic E-state index is 0.0209. The van der Waals surface area contributed by atoms with Gasteiger partial charge >= 0.3 is 0 Å². The fourth-order valence-corrected chi connectivity index (χ4v) is 5.87. The molecule has 2 N–H and O–H groups in total. The molecule has 33 heavy (non-hydrogen) atoms. The fourth-order valence-electron chi connectivity index (χ4n) is 5.52. The second-order valence-corrected chi connectivity index (χ2v) is 10.5. The van der Waals surface area contributed by atoms with E-state index in [0.717, 1.165) is 45.7 Å². The van der Waals surface area contributed by atoms with Crippen molar-refractivity contribution in [1.82, 2.24) is 19.5 Å². The average Bonchev–Trinajstić information content (AvgIpc) is 3.44. The van der Waals surface area contributed by atoms with Crippen molar-refractivity contribution in [3.05, 3.63) is 59.1 Å². The molecule has 2 fully saturated rings.